The molecule has 240 valence electrons. The molecule has 1 saturated heterocycles. The average Bonchev–Trinajstić information content (AvgIpc) is 3.05. The Morgan fingerprint density at radius 3 is 2.56 bits per heavy atom. The molecule has 2 unspecified atom stereocenters. The molecule has 9 nitrogen and oxygen atoms in total. The topological polar surface area (TPSA) is 97.8 Å². The predicted octanol–water partition coefficient (Wildman–Crippen LogP) is 6.56. The number of hydrogen-bond acceptors (Lipinski definition) is 6. The summed E-state index contributed by atoms with van der Waals surface area (Å²) in [4.78, 5) is 27.8. The number of fused-ring (bicyclic) bond motifs is 1. The van der Waals surface area contributed by atoms with Crippen LogP contribution in [0.3, 0.4) is 0 Å². The van der Waals surface area contributed by atoms with Crippen LogP contribution in [0.15, 0.2) is 66.7 Å². The summed E-state index contributed by atoms with van der Waals surface area (Å²) in [7, 11) is 1.66. The fraction of sp³-hybridized carbons (Fsp3) is 0.429. The molecule has 45 heavy (non-hydrogen) atoms. The van der Waals surface area contributed by atoms with Crippen molar-refractivity contribution < 1.29 is 33.6 Å². The Morgan fingerprint density at radius 2 is 1.78 bits per heavy atom. The SMILES string of the molecule is COCCCN1C(=O)CCc2ccc(COC3CN(C(=O)O)CCC3c3ccc(OCCCOc4ccccc4Cl)cc3)cc21. The van der Waals surface area contributed by atoms with E-state index in [2.05, 4.69) is 6.07 Å². The van der Waals surface area contributed by atoms with Gasteiger partial charge in [0, 0.05) is 51.3 Å². The smallest absolute Gasteiger partial charge is 0.407 e. The minimum absolute atomic E-state index is 0.0309. The van der Waals surface area contributed by atoms with Gasteiger partial charge >= 0.3 is 6.09 Å². The highest BCUT2D eigenvalue weighted by atomic mass is 35.5. The zero-order chi connectivity index (χ0) is 31.6. The van der Waals surface area contributed by atoms with Crippen LogP contribution in [0.5, 0.6) is 11.5 Å². The highest BCUT2D eigenvalue weighted by Crippen LogP contribution is 2.34. The minimum Gasteiger partial charge on any atom is -0.493 e. The molecular weight excluding hydrogens is 596 g/mol. The first-order chi connectivity index (χ1) is 21.9. The number of para-hydroxylation sites is 1. The number of nitrogens with zero attached hydrogens (tertiary/aromatic N) is 2. The maximum atomic E-state index is 12.7. The van der Waals surface area contributed by atoms with Crippen molar-refractivity contribution in [1.29, 1.82) is 0 Å². The molecule has 2 atom stereocenters. The van der Waals surface area contributed by atoms with Crippen molar-refractivity contribution in [3.63, 3.8) is 0 Å². The van der Waals surface area contributed by atoms with Crippen molar-refractivity contribution in [2.75, 3.05) is 51.5 Å². The number of likely N-dealkylation sites (tertiary alicyclic amines) is 1. The monoisotopic (exact) mass is 636 g/mol. The largest absolute Gasteiger partial charge is 0.493 e. The number of rotatable bonds is 14. The number of carboxylic acid groups (broad SMARTS) is 1. The van der Waals surface area contributed by atoms with Gasteiger partial charge in [-0.1, -0.05) is 48.0 Å². The Hall–Kier alpha value is -3.79. The van der Waals surface area contributed by atoms with Crippen molar-refractivity contribution >= 4 is 29.3 Å². The lowest BCUT2D eigenvalue weighted by Gasteiger charge is -2.37. The Bertz CT molecular complexity index is 1430. The molecule has 2 aliphatic rings. The molecule has 0 spiro atoms. The van der Waals surface area contributed by atoms with Crippen molar-refractivity contribution in [2.24, 2.45) is 0 Å². The first kappa shape index (κ1) is 32.6. The molecular formula is C35H41ClN2O7. The van der Waals surface area contributed by atoms with Gasteiger partial charge in [-0.15, -0.1) is 0 Å². The molecule has 3 aromatic rings. The average molecular weight is 637 g/mol. The van der Waals surface area contributed by atoms with Gasteiger partial charge in [0.05, 0.1) is 37.5 Å². The number of hydrogen-bond donors (Lipinski definition) is 1. The van der Waals surface area contributed by atoms with Crippen molar-refractivity contribution in [3.8, 4) is 11.5 Å². The second-order valence-electron chi connectivity index (χ2n) is 11.4. The molecule has 0 aromatic heterocycles. The van der Waals surface area contributed by atoms with Crippen LogP contribution in [-0.2, 0) is 27.3 Å². The van der Waals surface area contributed by atoms with E-state index in [9.17, 15) is 14.7 Å². The van der Waals surface area contributed by atoms with E-state index in [1.165, 1.54) is 4.90 Å². The third kappa shape index (κ3) is 8.69. The normalized spacial score (nSPS) is 18.0. The van der Waals surface area contributed by atoms with E-state index in [-0.39, 0.29) is 24.5 Å². The van der Waals surface area contributed by atoms with Gasteiger partial charge in [-0.2, -0.15) is 0 Å². The van der Waals surface area contributed by atoms with E-state index < -0.39 is 6.09 Å². The molecule has 0 radical (unpaired) electrons. The summed E-state index contributed by atoms with van der Waals surface area (Å²) in [5.74, 6) is 1.58. The highest BCUT2D eigenvalue weighted by molar-refractivity contribution is 6.32. The van der Waals surface area contributed by atoms with Gasteiger partial charge in [-0.25, -0.2) is 4.79 Å². The van der Waals surface area contributed by atoms with Gasteiger partial charge in [0.15, 0.2) is 0 Å². The predicted molar refractivity (Wildman–Crippen MR) is 173 cm³/mol. The first-order valence-corrected chi connectivity index (χ1v) is 15.9. The third-order valence-corrected chi connectivity index (χ3v) is 8.65. The Kier molecular flexibility index (Phi) is 11.6. The molecule has 2 aliphatic heterocycles. The van der Waals surface area contributed by atoms with Crippen LogP contribution in [-0.4, -0.2) is 74.7 Å². The van der Waals surface area contributed by atoms with Gasteiger partial charge in [-0.3, -0.25) is 4.79 Å². The van der Waals surface area contributed by atoms with Gasteiger partial charge in [-0.05, 0) is 66.3 Å². The lowest BCUT2D eigenvalue weighted by atomic mass is 9.87. The number of anilines is 1. The van der Waals surface area contributed by atoms with Gasteiger partial charge < -0.3 is 33.9 Å². The van der Waals surface area contributed by atoms with E-state index in [4.69, 9.17) is 30.5 Å². The highest BCUT2D eigenvalue weighted by Gasteiger charge is 2.33. The van der Waals surface area contributed by atoms with Crippen LogP contribution in [0.1, 0.15) is 48.3 Å². The van der Waals surface area contributed by atoms with E-state index in [0.29, 0.717) is 69.6 Å². The van der Waals surface area contributed by atoms with Gasteiger partial charge in [0.2, 0.25) is 5.91 Å². The fourth-order valence-corrected chi connectivity index (χ4v) is 6.12. The fourth-order valence-electron chi connectivity index (χ4n) is 5.93. The lowest BCUT2D eigenvalue weighted by Crippen LogP contribution is -2.46. The van der Waals surface area contributed by atoms with E-state index >= 15 is 0 Å². The number of piperidine rings is 1. The van der Waals surface area contributed by atoms with Crippen LogP contribution in [0, 0.1) is 0 Å². The van der Waals surface area contributed by atoms with Crippen LogP contribution in [0.25, 0.3) is 0 Å². The number of carbonyl (C=O) groups excluding carboxylic acids is 1. The number of benzene rings is 3. The molecule has 0 bridgehead atoms. The number of aryl methyl sites for hydroxylation is 1. The number of amides is 2. The summed E-state index contributed by atoms with van der Waals surface area (Å²) in [5, 5.41) is 10.3. The molecule has 2 heterocycles. The Balaban J connectivity index is 1.19. The maximum Gasteiger partial charge on any atom is 0.407 e. The van der Waals surface area contributed by atoms with Crippen LogP contribution in [0.4, 0.5) is 10.5 Å². The number of halogens is 1. The molecule has 1 N–H and O–H groups in total. The summed E-state index contributed by atoms with van der Waals surface area (Å²) in [6, 6.07) is 21.5. The molecule has 3 aromatic carbocycles. The number of ether oxygens (including phenoxy) is 4. The first-order valence-electron chi connectivity index (χ1n) is 15.5. The number of carbonyl (C=O) groups is 2. The summed E-state index contributed by atoms with van der Waals surface area (Å²) >= 11 is 6.14. The lowest BCUT2D eigenvalue weighted by molar-refractivity contribution is -0.118. The third-order valence-electron chi connectivity index (χ3n) is 8.33. The van der Waals surface area contributed by atoms with Crippen LogP contribution >= 0.6 is 11.6 Å². The molecule has 10 heteroatoms. The number of methoxy groups -OCH3 is 1. The van der Waals surface area contributed by atoms with E-state index in [0.717, 1.165) is 41.0 Å². The summed E-state index contributed by atoms with van der Waals surface area (Å²) in [6.07, 6.45) is 2.10. The molecule has 2 amide bonds. The standard InChI is InChI=1S/C35H41ClN2O7/c1-42-19-4-17-38-31-22-25(8-9-27(31)12-15-34(38)39)24-45-33-23-37(35(40)41)18-16-29(33)26-10-13-28(14-11-26)43-20-5-21-44-32-7-3-2-6-30(32)36/h2-3,6-11,13-14,22,29,33H,4-5,12,15-21,23-24H2,1H3,(H,40,41). The van der Waals surface area contributed by atoms with Gasteiger partial charge in [0.25, 0.3) is 0 Å². The molecule has 5 rings (SSSR count). The van der Waals surface area contributed by atoms with Crippen molar-refractivity contribution in [1.82, 2.24) is 4.90 Å². The van der Waals surface area contributed by atoms with Crippen molar-refractivity contribution in [2.45, 2.75) is 50.7 Å². The van der Waals surface area contributed by atoms with Crippen molar-refractivity contribution in [3.05, 3.63) is 88.4 Å². The zero-order valence-corrected chi connectivity index (χ0v) is 26.4. The van der Waals surface area contributed by atoms with Crippen LogP contribution < -0.4 is 14.4 Å². The minimum atomic E-state index is -0.941. The second kappa shape index (κ2) is 16.0. The Morgan fingerprint density at radius 1 is 0.978 bits per heavy atom. The zero-order valence-electron chi connectivity index (χ0n) is 25.7. The summed E-state index contributed by atoms with van der Waals surface area (Å²) < 4.78 is 23.3. The van der Waals surface area contributed by atoms with E-state index in [1.807, 2.05) is 59.5 Å². The van der Waals surface area contributed by atoms with Gasteiger partial charge in [0.1, 0.15) is 11.5 Å². The van der Waals surface area contributed by atoms with Crippen LogP contribution in [0.2, 0.25) is 5.02 Å². The summed E-state index contributed by atoms with van der Waals surface area (Å²) in [6.45, 7) is 3.25. The Labute approximate surface area is 269 Å². The molecule has 0 saturated carbocycles. The molecule has 0 aliphatic carbocycles. The molecule has 1 fully saturated rings. The second-order valence-corrected chi connectivity index (χ2v) is 11.8. The van der Waals surface area contributed by atoms with E-state index in [1.54, 1.807) is 13.2 Å². The quantitative estimate of drug-likeness (QED) is 0.200. The summed E-state index contributed by atoms with van der Waals surface area (Å²) in [5.41, 5.74) is 4.12. The maximum absolute atomic E-state index is 12.7.